The van der Waals surface area contributed by atoms with Crippen LogP contribution >= 0.6 is 0 Å². The van der Waals surface area contributed by atoms with Gasteiger partial charge in [0.25, 0.3) is 0 Å². The van der Waals surface area contributed by atoms with Crippen molar-refractivity contribution in [2.45, 2.75) is 25.9 Å². The van der Waals surface area contributed by atoms with Crippen molar-refractivity contribution in [3.63, 3.8) is 0 Å². The molecule has 0 aromatic heterocycles. The SMILES string of the molecule is CCN1CCOC(CN2CCC(C=O)CC2)C1. The highest BCUT2D eigenvalue weighted by atomic mass is 16.5. The van der Waals surface area contributed by atoms with E-state index in [2.05, 4.69) is 16.7 Å². The van der Waals surface area contributed by atoms with E-state index in [0.717, 1.165) is 65.0 Å². The zero-order valence-corrected chi connectivity index (χ0v) is 10.8. The summed E-state index contributed by atoms with van der Waals surface area (Å²) >= 11 is 0. The van der Waals surface area contributed by atoms with E-state index in [1.807, 2.05) is 0 Å². The standard InChI is InChI=1S/C13H24N2O2/c1-2-14-7-8-17-13(9-14)10-15-5-3-12(11-16)4-6-15/h11-13H,2-10H2,1H3. The lowest BCUT2D eigenvalue weighted by atomic mass is 9.98. The van der Waals surface area contributed by atoms with Crippen LogP contribution in [0.3, 0.4) is 0 Å². The van der Waals surface area contributed by atoms with Crippen molar-refractivity contribution in [1.82, 2.24) is 9.80 Å². The number of hydrogen-bond donors (Lipinski definition) is 0. The van der Waals surface area contributed by atoms with Gasteiger partial charge in [-0.2, -0.15) is 0 Å². The lowest BCUT2D eigenvalue weighted by Crippen LogP contribution is -2.48. The van der Waals surface area contributed by atoms with Crippen LogP contribution in [-0.2, 0) is 9.53 Å². The molecule has 2 rings (SSSR count). The zero-order valence-electron chi connectivity index (χ0n) is 10.8. The van der Waals surface area contributed by atoms with Gasteiger partial charge in [0, 0.05) is 25.6 Å². The molecule has 2 fully saturated rings. The zero-order chi connectivity index (χ0) is 12.1. The van der Waals surface area contributed by atoms with E-state index in [1.54, 1.807) is 0 Å². The van der Waals surface area contributed by atoms with Crippen molar-refractivity contribution in [1.29, 1.82) is 0 Å². The van der Waals surface area contributed by atoms with E-state index < -0.39 is 0 Å². The van der Waals surface area contributed by atoms with Crippen LogP contribution in [-0.4, -0.2) is 68.1 Å². The van der Waals surface area contributed by atoms with Gasteiger partial charge in [-0.25, -0.2) is 0 Å². The van der Waals surface area contributed by atoms with Crippen LogP contribution in [0.5, 0.6) is 0 Å². The number of carbonyl (C=O) groups excluding carboxylic acids is 1. The molecule has 0 radical (unpaired) electrons. The van der Waals surface area contributed by atoms with Gasteiger partial charge in [0.2, 0.25) is 0 Å². The van der Waals surface area contributed by atoms with Crippen molar-refractivity contribution < 1.29 is 9.53 Å². The van der Waals surface area contributed by atoms with Crippen LogP contribution in [0.1, 0.15) is 19.8 Å². The van der Waals surface area contributed by atoms with Crippen LogP contribution in [0.2, 0.25) is 0 Å². The highest BCUT2D eigenvalue weighted by Crippen LogP contribution is 2.16. The van der Waals surface area contributed by atoms with Gasteiger partial charge in [0.15, 0.2) is 0 Å². The molecule has 0 saturated carbocycles. The predicted molar refractivity (Wildman–Crippen MR) is 67.1 cm³/mol. The first-order valence-corrected chi connectivity index (χ1v) is 6.83. The quantitative estimate of drug-likeness (QED) is 0.674. The molecule has 2 aliphatic heterocycles. The summed E-state index contributed by atoms with van der Waals surface area (Å²) in [5.74, 6) is 0.297. The second-order valence-corrected chi connectivity index (χ2v) is 5.16. The number of carbonyl (C=O) groups is 1. The van der Waals surface area contributed by atoms with Gasteiger partial charge in [0.05, 0.1) is 12.7 Å². The van der Waals surface area contributed by atoms with Crippen molar-refractivity contribution in [2.24, 2.45) is 5.92 Å². The Hall–Kier alpha value is -0.450. The van der Waals surface area contributed by atoms with E-state index in [1.165, 1.54) is 0 Å². The Morgan fingerprint density at radius 3 is 2.65 bits per heavy atom. The summed E-state index contributed by atoms with van der Waals surface area (Å²) in [6.45, 7) is 9.45. The van der Waals surface area contributed by atoms with Crippen molar-refractivity contribution in [2.75, 3.05) is 45.9 Å². The number of likely N-dealkylation sites (N-methyl/N-ethyl adjacent to an activating group) is 1. The molecule has 17 heavy (non-hydrogen) atoms. The minimum Gasteiger partial charge on any atom is -0.374 e. The number of likely N-dealkylation sites (tertiary alicyclic amines) is 1. The van der Waals surface area contributed by atoms with E-state index in [4.69, 9.17) is 4.74 Å². The third kappa shape index (κ3) is 3.76. The Bertz CT molecular complexity index is 240. The molecule has 2 aliphatic rings. The molecular weight excluding hydrogens is 216 g/mol. The Balaban J connectivity index is 1.72. The first-order chi connectivity index (χ1) is 8.31. The molecule has 0 aromatic carbocycles. The van der Waals surface area contributed by atoms with Gasteiger partial charge in [-0.05, 0) is 32.5 Å². The highest BCUT2D eigenvalue weighted by molar-refractivity contribution is 5.53. The van der Waals surface area contributed by atoms with Crippen molar-refractivity contribution in [3.05, 3.63) is 0 Å². The number of aldehydes is 1. The van der Waals surface area contributed by atoms with Crippen LogP contribution in [0, 0.1) is 5.92 Å². The second kappa shape index (κ2) is 6.47. The molecule has 98 valence electrons. The van der Waals surface area contributed by atoms with Crippen LogP contribution in [0.25, 0.3) is 0 Å². The van der Waals surface area contributed by atoms with Gasteiger partial charge < -0.3 is 14.4 Å². The number of ether oxygens (including phenoxy) is 1. The second-order valence-electron chi connectivity index (χ2n) is 5.16. The molecule has 0 bridgehead atoms. The molecule has 4 heteroatoms. The van der Waals surface area contributed by atoms with Gasteiger partial charge in [-0.15, -0.1) is 0 Å². The largest absolute Gasteiger partial charge is 0.374 e. The molecule has 0 N–H and O–H groups in total. The van der Waals surface area contributed by atoms with E-state index in [9.17, 15) is 4.79 Å². The molecule has 1 atom stereocenters. The number of morpholine rings is 1. The fraction of sp³-hybridized carbons (Fsp3) is 0.923. The van der Waals surface area contributed by atoms with Gasteiger partial charge in [0.1, 0.15) is 6.29 Å². The molecule has 4 nitrogen and oxygen atoms in total. The third-order valence-electron chi connectivity index (χ3n) is 3.96. The van der Waals surface area contributed by atoms with Crippen LogP contribution in [0.4, 0.5) is 0 Å². The first kappa shape index (κ1) is 13.0. The van der Waals surface area contributed by atoms with Gasteiger partial charge in [-0.3, -0.25) is 4.90 Å². The normalized spacial score (nSPS) is 29.4. The summed E-state index contributed by atoms with van der Waals surface area (Å²) in [5, 5.41) is 0. The smallest absolute Gasteiger partial charge is 0.123 e. The lowest BCUT2D eigenvalue weighted by Gasteiger charge is -2.37. The molecule has 1 unspecified atom stereocenters. The number of piperidine rings is 1. The predicted octanol–water partition coefficient (Wildman–Crippen LogP) is 0.618. The maximum Gasteiger partial charge on any atom is 0.123 e. The summed E-state index contributed by atoms with van der Waals surface area (Å²) < 4.78 is 5.81. The molecule has 0 spiro atoms. The minimum absolute atomic E-state index is 0.297. The highest BCUT2D eigenvalue weighted by Gasteiger charge is 2.24. The Kier molecular flexibility index (Phi) is 4.95. The average Bonchev–Trinajstić information content (AvgIpc) is 2.40. The number of nitrogens with zero attached hydrogens (tertiary/aromatic N) is 2. The molecule has 2 heterocycles. The lowest BCUT2D eigenvalue weighted by molar-refractivity contribution is -0.112. The summed E-state index contributed by atoms with van der Waals surface area (Å²) in [6.07, 6.45) is 3.52. The average molecular weight is 240 g/mol. The van der Waals surface area contributed by atoms with Gasteiger partial charge in [-0.1, -0.05) is 6.92 Å². The summed E-state index contributed by atoms with van der Waals surface area (Å²) in [5.41, 5.74) is 0. The maximum absolute atomic E-state index is 10.7. The fourth-order valence-electron chi connectivity index (χ4n) is 2.74. The van der Waals surface area contributed by atoms with E-state index >= 15 is 0 Å². The third-order valence-corrected chi connectivity index (χ3v) is 3.96. The number of rotatable bonds is 4. The van der Waals surface area contributed by atoms with Crippen molar-refractivity contribution >= 4 is 6.29 Å². The van der Waals surface area contributed by atoms with Crippen LogP contribution < -0.4 is 0 Å². The molecule has 0 amide bonds. The topological polar surface area (TPSA) is 32.8 Å². The summed E-state index contributed by atoms with van der Waals surface area (Å²) in [6, 6.07) is 0. The van der Waals surface area contributed by atoms with E-state index in [-0.39, 0.29) is 0 Å². The monoisotopic (exact) mass is 240 g/mol. The maximum atomic E-state index is 10.7. The Morgan fingerprint density at radius 1 is 1.24 bits per heavy atom. The Morgan fingerprint density at radius 2 is 2.00 bits per heavy atom. The molecule has 0 aromatic rings. The number of hydrogen-bond acceptors (Lipinski definition) is 4. The van der Waals surface area contributed by atoms with Crippen molar-refractivity contribution in [3.8, 4) is 0 Å². The Labute approximate surface area is 104 Å². The molecular formula is C13H24N2O2. The van der Waals surface area contributed by atoms with Gasteiger partial charge >= 0.3 is 0 Å². The summed E-state index contributed by atoms with van der Waals surface area (Å²) in [4.78, 5) is 15.6. The summed E-state index contributed by atoms with van der Waals surface area (Å²) in [7, 11) is 0. The minimum atomic E-state index is 0.297. The first-order valence-electron chi connectivity index (χ1n) is 6.83. The molecule has 2 saturated heterocycles. The van der Waals surface area contributed by atoms with E-state index in [0.29, 0.717) is 12.0 Å². The molecule has 0 aliphatic carbocycles. The fourth-order valence-corrected chi connectivity index (χ4v) is 2.74. The van der Waals surface area contributed by atoms with Crippen LogP contribution in [0.15, 0.2) is 0 Å².